The molecule has 0 aromatic heterocycles. The van der Waals surface area contributed by atoms with Gasteiger partial charge in [-0.1, -0.05) is 26.7 Å². The van der Waals surface area contributed by atoms with Gasteiger partial charge >= 0.3 is 0 Å². The summed E-state index contributed by atoms with van der Waals surface area (Å²) >= 11 is 0. The molecule has 3 aliphatic rings. The van der Waals surface area contributed by atoms with Crippen molar-refractivity contribution in [1.82, 2.24) is 15.1 Å². The van der Waals surface area contributed by atoms with E-state index >= 15 is 0 Å². The van der Waals surface area contributed by atoms with E-state index in [0.29, 0.717) is 24.6 Å². The van der Waals surface area contributed by atoms with E-state index in [9.17, 15) is 14.4 Å². The largest absolute Gasteiger partial charge is 0.489 e. The van der Waals surface area contributed by atoms with Gasteiger partial charge in [0, 0.05) is 24.6 Å². The predicted octanol–water partition coefficient (Wildman–Crippen LogP) is 2.87. The number of ether oxygens (including phenoxy) is 1. The number of benzene rings is 1. The normalized spacial score (nSPS) is 26.6. The Balaban J connectivity index is 1.50. The number of nitrogens with one attached hydrogen (secondary N) is 1. The van der Waals surface area contributed by atoms with Crippen molar-refractivity contribution in [2.24, 2.45) is 0 Å². The number of likely N-dealkylation sites (N-methyl/N-ethyl adjacent to an activating group) is 1. The van der Waals surface area contributed by atoms with Crippen LogP contribution in [-0.4, -0.2) is 58.8 Å². The zero-order valence-electron chi connectivity index (χ0n) is 18.6. The molecule has 168 valence electrons. The van der Waals surface area contributed by atoms with E-state index in [0.717, 1.165) is 37.2 Å². The monoisotopic (exact) mass is 427 g/mol. The Bertz CT molecular complexity index is 851. The Morgan fingerprint density at radius 2 is 1.84 bits per heavy atom. The highest BCUT2D eigenvalue weighted by Crippen LogP contribution is 2.32. The predicted molar refractivity (Wildman–Crippen MR) is 117 cm³/mol. The number of hydrogen-bond donors (Lipinski definition) is 1. The molecule has 3 amide bonds. The number of amides is 3. The number of carbonyl (C=O) groups excluding carboxylic acids is 3. The maximum absolute atomic E-state index is 12.9. The molecule has 7 nitrogen and oxygen atoms in total. The number of piperidine rings is 1. The molecule has 1 unspecified atom stereocenters. The van der Waals surface area contributed by atoms with Crippen molar-refractivity contribution in [1.29, 1.82) is 0 Å². The average Bonchev–Trinajstić information content (AvgIpc) is 2.91. The molecule has 0 spiro atoms. The fraction of sp³-hybridized carbons (Fsp3) is 0.625. The Labute approximate surface area is 184 Å². The van der Waals surface area contributed by atoms with Gasteiger partial charge in [0.05, 0.1) is 0 Å². The van der Waals surface area contributed by atoms with Crippen molar-refractivity contribution in [3.8, 4) is 5.75 Å². The van der Waals surface area contributed by atoms with Crippen LogP contribution in [0.15, 0.2) is 18.2 Å². The van der Waals surface area contributed by atoms with E-state index in [2.05, 4.69) is 24.1 Å². The third-order valence-electron chi connectivity index (χ3n) is 6.98. The van der Waals surface area contributed by atoms with E-state index < -0.39 is 6.04 Å². The molecule has 3 atom stereocenters. The lowest BCUT2D eigenvalue weighted by molar-refractivity contribution is -0.136. The summed E-state index contributed by atoms with van der Waals surface area (Å²) in [4.78, 5) is 40.7. The molecule has 0 radical (unpaired) electrons. The van der Waals surface area contributed by atoms with Crippen molar-refractivity contribution in [2.75, 3.05) is 13.1 Å². The van der Waals surface area contributed by atoms with Crippen LogP contribution in [0.3, 0.4) is 0 Å². The molecule has 2 fully saturated rings. The molecular weight excluding hydrogens is 394 g/mol. The van der Waals surface area contributed by atoms with Crippen LogP contribution in [0.25, 0.3) is 0 Å². The molecule has 1 saturated carbocycles. The van der Waals surface area contributed by atoms with Gasteiger partial charge in [0.25, 0.3) is 5.91 Å². The van der Waals surface area contributed by atoms with Gasteiger partial charge in [-0.3, -0.25) is 24.6 Å². The number of rotatable bonds is 6. The lowest BCUT2D eigenvalue weighted by Crippen LogP contribution is -2.52. The molecule has 31 heavy (non-hydrogen) atoms. The van der Waals surface area contributed by atoms with E-state index in [1.807, 2.05) is 18.2 Å². The first-order chi connectivity index (χ1) is 15.0. The van der Waals surface area contributed by atoms with Crippen LogP contribution in [0.5, 0.6) is 5.75 Å². The van der Waals surface area contributed by atoms with Crippen molar-refractivity contribution in [3.05, 3.63) is 29.3 Å². The summed E-state index contributed by atoms with van der Waals surface area (Å²) in [5, 5.41) is 2.35. The van der Waals surface area contributed by atoms with Gasteiger partial charge < -0.3 is 9.64 Å². The summed E-state index contributed by atoms with van der Waals surface area (Å²) in [5.41, 5.74) is 1.51. The Hall–Kier alpha value is -2.41. The fourth-order valence-electron chi connectivity index (χ4n) is 5.30. The number of fused-ring (bicyclic) bond motifs is 1. The minimum Gasteiger partial charge on any atom is -0.489 e. The molecule has 1 saturated heterocycles. The standard InChI is InChI=1S/C24H33N3O4/c1-3-26(4-2)19-8-6-5-7-9-21(19)31-17-10-11-18-16(14-17)15-27(24(18)30)20-12-13-22(28)25-23(20)29/h10-11,14,19-21H,3-9,12-13,15H2,1-2H3,(H,25,28,29)/t19-,20?,21-/m0/s1. The van der Waals surface area contributed by atoms with Gasteiger partial charge in [0.2, 0.25) is 11.8 Å². The average molecular weight is 428 g/mol. The first-order valence-corrected chi connectivity index (χ1v) is 11.7. The van der Waals surface area contributed by atoms with Crippen LogP contribution in [0.1, 0.15) is 74.7 Å². The van der Waals surface area contributed by atoms with Crippen LogP contribution in [-0.2, 0) is 16.1 Å². The summed E-state index contributed by atoms with van der Waals surface area (Å²) in [7, 11) is 0. The molecule has 1 N–H and O–H groups in total. The SMILES string of the molecule is CCN(CC)[C@H]1CCCCC[C@@H]1Oc1ccc2c(c1)CN(C1CCC(=O)NC1=O)C2=O. The highest BCUT2D eigenvalue weighted by atomic mass is 16.5. The van der Waals surface area contributed by atoms with Gasteiger partial charge in [-0.2, -0.15) is 0 Å². The van der Waals surface area contributed by atoms with E-state index in [1.165, 1.54) is 19.3 Å². The van der Waals surface area contributed by atoms with Crippen LogP contribution in [0, 0.1) is 0 Å². The van der Waals surface area contributed by atoms with Crippen LogP contribution < -0.4 is 10.1 Å². The molecule has 1 aliphatic carbocycles. The zero-order valence-corrected chi connectivity index (χ0v) is 18.6. The molecule has 4 rings (SSSR count). The molecule has 2 aliphatic heterocycles. The molecule has 1 aromatic rings. The summed E-state index contributed by atoms with van der Waals surface area (Å²) in [6.07, 6.45) is 6.63. The summed E-state index contributed by atoms with van der Waals surface area (Å²) in [6, 6.07) is 5.49. The van der Waals surface area contributed by atoms with Crippen LogP contribution in [0.2, 0.25) is 0 Å². The minimum absolute atomic E-state index is 0.142. The molecule has 1 aromatic carbocycles. The van der Waals surface area contributed by atoms with Gasteiger partial charge in [0.15, 0.2) is 0 Å². The summed E-state index contributed by atoms with van der Waals surface area (Å²) in [5.74, 6) is -0.00563. The van der Waals surface area contributed by atoms with Crippen LogP contribution >= 0.6 is 0 Å². The minimum atomic E-state index is -0.587. The van der Waals surface area contributed by atoms with Crippen molar-refractivity contribution >= 4 is 17.7 Å². The highest BCUT2D eigenvalue weighted by Gasteiger charge is 2.39. The quantitative estimate of drug-likeness (QED) is 0.558. The number of hydrogen-bond acceptors (Lipinski definition) is 5. The second-order valence-electron chi connectivity index (χ2n) is 8.80. The third-order valence-corrected chi connectivity index (χ3v) is 6.98. The summed E-state index contributed by atoms with van der Waals surface area (Å²) in [6.45, 7) is 6.81. The lowest BCUT2D eigenvalue weighted by atomic mass is 10.0. The fourth-order valence-corrected chi connectivity index (χ4v) is 5.30. The molecule has 2 heterocycles. The van der Waals surface area contributed by atoms with E-state index in [4.69, 9.17) is 4.74 Å². The van der Waals surface area contributed by atoms with Crippen molar-refractivity contribution in [3.63, 3.8) is 0 Å². The van der Waals surface area contributed by atoms with Crippen molar-refractivity contribution < 1.29 is 19.1 Å². The highest BCUT2D eigenvalue weighted by molar-refractivity contribution is 6.05. The van der Waals surface area contributed by atoms with E-state index in [-0.39, 0.29) is 30.2 Å². The number of carbonyl (C=O) groups is 3. The maximum atomic E-state index is 12.9. The molecule has 7 heteroatoms. The van der Waals surface area contributed by atoms with Gasteiger partial charge in [0.1, 0.15) is 17.9 Å². The number of nitrogens with zero attached hydrogens (tertiary/aromatic N) is 2. The van der Waals surface area contributed by atoms with Gasteiger partial charge in [-0.15, -0.1) is 0 Å². The smallest absolute Gasteiger partial charge is 0.255 e. The zero-order chi connectivity index (χ0) is 22.0. The molecular formula is C24H33N3O4. The molecule has 0 bridgehead atoms. The van der Waals surface area contributed by atoms with Crippen LogP contribution in [0.4, 0.5) is 0 Å². The Morgan fingerprint density at radius 3 is 2.58 bits per heavy atom. The van der Waals surface area contributed by atoms with Crippen molar-refractivity contribution in [2.45, 2.75) is 83.5 Å². The summed E-state index contributed by atoms with van der Waals surface area (Å²) < 4.78 is 6.51. The second-order valence-corrected chi connectivity index (χ2v) is 8.80. The lowest BCUT2D eigenvalue weighted by Gasteiger charge is -2.35. The van der Waals surface area contributed by atoms with E-state index in [1.54, 1.807) is 4.90 Å². The van der Waals surface area contributed by atoms with Gasteiger partial charge in [-0.25, -0.2) is 0 Å². The first kappa shape index (κ1) is 21.8. The first-order valence-electron chi connectivity index (χ1n) is 11.7. The second kappa shape index (κ2) is 9.39. The Kier molecular flexibility index (Phi) is 6.60. The number of imide groups is 1. The Morgan fingerprint density at radius 1 is 1.06 bits per heavy atom. The third kappa shape index (κ3) is 4.47. The maximum Gasteiger partial charge on any atom is 0.255 e. The van der Waals surface area contributed by atoms with Gasteiger partial charge in [-0.05, 0) is 62.5 Å². The topological polar surface area (TPSA) is 79.0 Å².